The third-order valence-corrected chi connectivity index (χ3v) is 13.7. The zero-order valence-corrected chi connectivity index (χ0v) is 19.9. The maximum Gasteiger partial charge on any atom is 0.330 e. The van der Waals surface area contributed by atoms with Gasteiger partial charge in [0.15, 0.2) is 16.6 Å². The number of hydrogen-bond acceptors (Lipinski definition) is 5. The summed E-state index contributed by atoms with van der Waals surface area (Å²) in [5.41, 5.74) is 0. The number of carbonyl (C=O) groups excluding carboxylic acids is 1. The summed E-state index contributed by atoms with van der Waals surface area (Å²) < 4.78 is 18.4. The van der Waals surface area contributed by atoms with Crippen molar-refractivity contribution < 1.29 is 22.9 Å². The molecule has 3 unspecified atom stereocenters. The van der Waals surface area contributed by atoms with Gasteiger partial charge in [0.1, 0.15) is 6.10 Å². The van der Waals surface area contributed by atoms with Gasteiger partial charge in [0.05, 0.1) is 6.10 Å². The van der Waals surface area contributed by atoms with Crippen molar-refractivity contribution in [1.29, 1.82) is 0 Å². The molecule has 1 saturated carbocycles. The normalized spacial score (nSPS) is 25.5. The van der Waals surface area contributed by atoms with Crippen molar-refractivity contribution in [3.63, 3.8) is 0 Å². The summed E-state index contributed by atoms with van der Waals surface area (Å²) in [4.78, 5) is 11.4. The van der Waals surface area contributed by atoms with Crippen LogP contribution in [0.25, 0.3) is 0 Å². The fourth-order valence-corrected chi connectivity index (χ4v) is 16.6. The molecule has 0 saturated heterocycles. The number of esters is 1. The van der Waals surface area contributed by atoms with E-state index in [9.17, 15) is 9.90 Å². The van der Waals surface area contributed by atoms with Crippen LogP contribution in [0, 0.1) is 5.92 Å². The molecule has 1 aliphatic carbocycles. The molecule has 146 valence electrons. The minimum absolute atomic E-state index is 0.345. The number of rotatable bonds is 8. The van der Waals surface area contributed by atoms with E-state index in [1.807, 2.05) is 0 Å². The lowest BCUT2D eigenvalue weighted by molar-refractivity contribution is -0.152. The number of aliphatic hydroxyl groups is 1. The first-order valence-electron chi connectivity index (χ1n) is 9.14. The quantitative estimate of drug-likeness (QED) is 0.376. The third kappa shape index (κ3) is 8.78. The van der Waals surface area contributed by atoms with Gasteiger partial charge in [0.25, 0.3) is 0 Å². The maximum absolute atomic E-state index is 11.4. The van der Waals surface area contributed by atoms with E-state index in [0.29, 0.717) is 18.8 Å². The van der Waals surface area contributed by atoms with Crippen molar-refractivity contribution in [1.82, 2.24) is 0 Å². The Hall–Kier alpha value is -0.259. The average Bonchev–Trinajstić information content (AvgIpc) is 2.36. The zero-order chi connectivity index (χ0) is 19.5. The molecule has 25 heavy (non-hydrogen) atoms. The molecule has 0 spiro atoms. The molecule has 1 rings (SSSR count). The van der Waals surface area contributed by atoms with Gasteiger partial charge in [-0.2, -0.15) is 0 Å². The average molecular weight is 405 g/mol. The minimum Gasteiger partial charge on any atom is -0.456 e. The predicted molar refractivity (Wildman–Crippen MR) is 109 cm³/mol. The van der Waals surface area contributed by atoms with Crippen molar-refractivity contribution in [2.45, 2.75) is 83.3 Å². The van der Waals surface area contributed by atoms with Gasteiger partial charge in [-0.1, -0.05) is 6.58 Å². The van der Waals surface area contributed by atoms with Crippen LogP contribution in [0.15, 0.2) is 12.7 Å². The van der Waals surface area contributed by atoms with Crippen molar-refractivity contribution in [3.8, 4) is 0 Å². The molecular weight excluding hydrogens is 368 g/mol. The second kappa shape index (κ2) is 8.62. The van der Waals surface area contributed by atoms with Gasteiger partial charge < -0.3 is 18.1 Å². The number of ether oxygens (including phenoxy) is 1. The van der Waals surface area contributed by atoms with Crippen LogP contribution in [0.1, 0.15) is 19.3 Å². The lowest BCUT2D eigenvalue weighted by Crippen LogP contribution is -2.54. The molecule has 0 aliphatic heterocycles. The van der Waals surface area contributed by atoms with E-state index < -0.39 is 43.4 Å². The molecule has 1 N–H and O–H groups in total. The monoisotopic (exact) mass is 404 g/mol. The molecule has 0 heterocycles. The largest absolute Gasteiger partial charge is 0.456 e. The fourth-order valence-electron chi connectivity index (χ4n) is 3.65. The summed E-state index contributed by atoms with van der Waals surface area (Å²) in [6, 6.07) is 0.890. The van der Waals surface area contributed by atoms with Gasteiger partial charge in [0.2, 0.25) is 0 Å². The van der Waals surface area contributed by atoms with Gasteiger partial charge in [-0.3, -0.25) is 0 Å². The molecule has 1 aliphatic rings. The number of carbonyl (C=O) groups is 1. The maximum atomic E-state index is 11.4. The van der Waals surface area contributed by atoms with E-state index >= 15 is 0 Å². The van der Waals surface area contributed by atoms with Crippen LogP contribution in [-0.2, 0) is 17.8 Å². The molecular formula is C17H36O5Si3. The summed E-state index contributed by atoms with van der Waals surface area (Å²) in [7, 11) is -5.75. The molecule has 0 aromatic heterocycles. The van der Waals surface area contributed by atoms with Crippen LogP contribution in [0.5, 0.6) is 0 Å². The number of hydrogen-bond donors (Lipinski definition) is 1. The molecule has 1 fully saturated rings. The van der Waals surface area contributed by atoms with Crippen molar-refractivity contribution in [2.75, 3.05) is 0 Å². The molecule has 0 aromatic rings. The fraction of sp³-hybridized carbons (Fsp3) is 0.824. The topological polar surface area (TPSA) is 65.0 Å². The van der Waals surface area contributed by atoms with Gasteiger partial charge in [-0.15, -0.1) is 0 Å². The van der Waals surface area contributed by atoms with Gasteiger partial charge >= 0.3 is 14.5 Å². The molecule has 8 heteroatoms. The molecule has 0 radical (unpaired) electrons. The van der Waals surface area contributed by atoms with Crippen LogP contribution in [0.2, 0.25) is 51.9 Å². The minimum atomic E-state index is -2.31. The first kappa shape index (κ1) is 22.8. The Kier molecular flexibility index (Phi) is 7.85. The lowest BCUT2D eigenvalue weighted by atomic mass is 9.86. The van der Waals surface area contributed by atoms with E-state index in [4.69, 9.17) is 13.0 Å². The Morgan fingerprint density at radius 2 is 1.60 bits per heavy atom. The van der Waals surface area contributed by atoms with E-state index in [1.165, 1.54) is 0 Å². The third-order valence-electron chi connectivity index (χ3n) is 4.00. The summed E-state index contributed by atoms with van der Waals surface area (Å²) in [5, 5.41) is 10.4. The number of aliphatic hydroxyl groups excluding tert-OH is 1. The van der Waals surface area contributed by atoms with Crippen LogP contribution in [-0.4, -0.2) is 48.5 Å². The second-order valence-electron chi connectivity index (χ2n) is 9.19. The van der Waals surface area contributed by atoms with Gasteiger partial charge in [-0.25, -0.2) is 4.79 Å². The predicted octanol–water partition coefficient (Wildman–Crippen LogP) is 4.02. The zero-order valence-electron chi connectivity index (χ0n) is 16.9. The van der Waals surface area contributed by atoms with Crippen LogP contribution in [0.3, 0.4) is 0 Å². The Balaban J connectivity index is 2.75. The lowest BCUT2D eigenvalue weighted by Gasteiger charge is -2.42. The molecule has 0 bridgehead atoms. The smallest absolute Gasteiger partial charge is 0.330 e. The highest BCUT2D eigenvalue weighted by Crippen LogP contribution is 2.35. The van der Waals surface area contributed by atoms with Crippen LogP contribution in [0.4, 0.5) is 0 Å². The highest BCUT2D eigenvalue weighted by atomic mass is 28.5. The summed E-state index contributed by atoms with van der Waals surface area (Å²) in [6.07, 6.45) is 2.31. The molecule has 3 atom stereocenters. The Labute approximate surface area is 156 Å². The van der Waals surface area contributed by atoms with Crippen LogP contribution < -0.4 is 0 Å². The van der Waals surface area contributed by atoms with Crippen LogP contribution >= 0.6 is 0 Å². The van der Waals surface area contributed by atoms with E-state index in [2.05, 4.69) is 52.4 Å². The molecule has 5 nitrogen and oxygen atoms in total. The van der Waals surface area contributed by atoms with Crippen molar-refractivity contribution >= 4 is 31.2 Å². The Morgan fingerprint density at radius 3 is 2.00 bits per heavy atom. The van der Waals surface area contributed by atoms with E-state index in [0.717, 1.165) is 18.5 Å². The second-order valence-corrected chi connectivity index (χ2v) is 22.0. The van der Waals surface area contributed by atoms with E-state index in [-0.39, 0.29) is 0 Å². The van der Waals surface area contributed by atoms with Gasteiger partial charge in [0, 0.05) is 6.08 Å². The summed E-state index contributed by atoms with van der Waals surface area (Å²) >= 11 is 0. The SMILES string of the molecule is C=CC(=O)OC1CCC(C[Si](C)(O[Si](C)(C)C)O[Si](C)(C)C)CC1O. The van der Waals surface area contributed by atoms with Crippen molar-refractivity contribution in [3.05, 3.63) is 12.7 Å². The first-order valence-corrected chi connectivity index (χ1v) is 18.5. The molecule has 0 amide bonds. The summed E-state index contributed by atoms with van der Waals surface area (Å²) in [5.74, 6) is -0.121. The summed E-state index contributed by atoms with van der Waals surface area (Å²) in [6.45, 7) is 18.8. The molecule has 0 aromatic carbocycles. The first-order chi connectivity index (χ1) is 11.2. The Morgan fingerprint density at radius 1 is 1.08 bits per heavy atom. The highest BCUT2D eigenvalue weighted by Gasteiger charge is 2.44. The Bertz CT molecular complexity index is 454. The standard InChI is InChI=1S/C17H36O5Si3/c1-9-17(19)20-16-11-10-14(12-15(16)18)13-25(8,21-23(2,3)4)22-24(5,6)7/h9,14-16,18H,1,10-13H2,2-8H3. The van der Waals surface area contributed by atoms with Crippen molar-refractivity contribution in [2.24, 2.45) is 5.92 Å². The highest BCUT2D eigenvalue weighted by molar-refractivity contribution is 6.87. The van der Waals surface area contributed by atoms with E-state index in [1.54, 1.807) is 0 Å². The van der Waals surface area contributed by atoms with Gasteiger partial charge in [-0.05, 0) is 77.1 Å².